The van der Waals surface area contributed by atoms with Crippen LogP contribution in [0.3, 0.4) is 0 Å². The first-order valence-electron chi connectivity index (χ1n) is 12.8. The molecule has 1 amide bonds. The number of aromatic nitrogens is 2. The highest BCUT2D eigenvalue weighted by Gasteiger charge is 2.29. The molecule has 0 saturated heterocycles. The second kappa shape index (κ2) is 11.2. The van der Waals surface area contributed by atoms with Crippen LogP contribution in [0.2, 0.25) is 0 Å². The van der Waals surface area contributed by atoms with Gasteiger partial charge in [0.25, 0.3) is 0 Å². The van der Waals surface area contributed by atoms with Crippen molar-refractivity contribution in [1.29, 1.82) is 0 Å². The SMILES string of the molecule is CC(C)CN(CC(=O)Nc1cc(-c2ccccc2)nn1-c1ccccc1)S(=O)(=O)c1cccc2ccccc12. The van der Waals surface area contributed by atoms with Crippen molar-refractivity contribution in [3.8, 4) is 16.9 Å². The molecule has 0 radical (unpaired) electrons. The molecule has 0 aliphatic heterocycles. The molecule has 4 aromatic carbocycles. The fourth-order valence-electron chi connectivity index (χ4n) is 4.54. The van der Waals surface area contributed by atoms with Gasteiger partial charge >= 0.3 is 0 Å². The van der Waals surface area contributed by atoms with E-state index in [2.05, 4.69) is 5.32 Å². The van der Waals surface area contributed by atoms with Crippen LogP contribution in [-0.2, 0) is 14.8 Å². The quantitative estimate of drug-likeness (QED) is 0.250. The fraction of sp³-hybridized carbons (Fsp3) is 0.161. The summed E-state index contributed by atoms with van der Waals surface area (Å²) >= 11 is 0. The summed E-state index contributed by atoms with van der Waals surface area (Å²) in [7, 11) is -3.96. The lowest BCUT2D eigenvalue weighted by molar-refractivity contribution is -0.116. The van der Waals surface area contributed by atoms with Crippen LogP contribution < -0.4 is 5.32 Å². The minimum atomic E-state index is -3.96. The number of nitrogens with one attached hydrogen (secondary N) is 1. The van der Waals surface area contributed by atoms with E-state index >= 15 is 0 Å². The number of sulfonamides is 1. The number of hydrogen-bond donors (Lipinski definition) is 1. The first-order valence-corrected chi connectivity index (χ1v) is 14.3. The summed E-state index contributed by atoms with van der Waals surface area (Å²) in [6.07, 6.45) is 0. The lowest BCUT2D eigenvalue weighted by Crippen LogP contribution is -2.40. The Kier molecular flexibility index (Phi) is 7.58. The predicted molar refractivity (Wildman–Crippen MR) is 155 cm³/mol. The van der Waals surface area contributed by atoms with Gasteiger partial charge in [-0.3, -0.25) is 4.79 Å². The van der Waals surface area contributed by atoms with Crippen molar-refractivity contribution in [2.45, 2.75) is 18.7 Å². The molecule has 1 N–H and O–H groups in total. The Bertz CT molecular complexity index is 1690. The van der Waals surface area contributed by atoms with Crippen molar-refractivity contribution in [3.05, 3.63) is 109 Å². The Labute approximate surface area is 228 Å². The van der Waals surface area contributed by atoms with E-state index in [-0.39, 0.29) is 23.9 Å². The number of nitrogens with zero attached hydrogens (tertiary/aromatic N) is 3. The number of carbonyl (C=O) groups is 1. The van der Waals surface area contributed by atoms with Crippen LogP contribution in [0.1, 0.15) is 13.8 Å². The van der Waals surface area contributed by atoms with Crippen LogP contribution >= 0.6 is 0 Å². The van der Waals surface area contributed by atoms with Crippen LogP contribution in [0.5, 0.6) is 0 Å². The van der Waals surface area contributed by atoms with Gasteiger partial charge in [-0.1, -0.05) is 98.8 Å². The Morgan fingerprint density at radius 1 is 0.872 bits per heavy atom. The van der Waals surface area contributed by atoms with Gasteiger partial charge < -0.3 is 5.32 Å². The Morgan fingerprint density at radius 3 is 2.23 bits per heavy atom. The van der Waals surface area contributed by atoms with Gasteiger partial charge in [-0.25, -0.2) is 13.1 Å². The van der Waals surface area contributed by atoms with E-state index < -0.39 is 15.9 Å². The van der Waals surface area contributed by atoms with Crippen molar-refractivity contribution in [3.63, 3.8) is 0 Å². The third-order valence-electron chi connectivity index (χ3n) is 6.30. The number of amides is 1. The summed E-state index contributed by atoms with van der Waals surface area (Å²) in [5, 5.41) is 9.11. The molecule has 0 aliphatic rings. The van der Waals surface area contributed by atoms with Crippen molar-refractivity contribution >= 4 is 32.5 Å². The zero-order valence-corrected chi connectivity index (χ0v) is 22.7. The minimum Gasteiger partial charge on any atom is -0.309 e. The van der Waals surface area contributed by atoms with E-state index in [9.17, 15) is 13.2 Å². The highest BCUT2D eigenvalue weighted by Crippen LogP contribution is 2.27. The van der Waals surface area contributed by atoms with Crippen LogP contribution in [0, 0.1) is 5.92 Å². The van der Waals surface area contributed by atoms with E-state index in [4.69, 9.17) is 5.10 Å². The molecule has 7 nitrogen and oxygen atoms in total. The molecule has 1 heterocycles. The summed E-state index contributed by atoms with van der Waals surface area (Å²) < 4.78 is 30.7. The molecule has 198 valence electrons. The summed E-state index contributed by atoms with van der Waals surface area (Å²) in [5.41, 5.74) is 2.37. The van der Waals surface area contributed by atoms with Gasteiger partial charge in [0.15, 0.2) is 0 Å². The van der Waals surface area contributed by atoms with E-state index in [1.807, 2.05) is 98.8 Å². The zero-order valence-electron chi connectivity index (χ0n) is 21.9. The molecular weight excluding hydrogens is 508 g/mol. The molecule has 0 saturated carbocycles. The normalized spacial score (nSPS) is 11.8. The number of hydrogen-bond acceptors (Lipinski definition) is 4. The fourth-order valence-corrected chi connectivity index (χ4v) is 6.32. The Balaban J connectivity index is 1.47. The standard InChI is InChI=1S/C31H30N4O3S/c1-23(2)21-34(39(37,38)29-19-11-15-24-12-9-10-18-27(24)29)22-31(36)32-30-20-28(25-13-5-3-6-14-25)33-35(30)26-16-7-4-8-17-26/h3-20,23H,21-22H2,1-2H3,(H,32,36). The Morgan fingerprint density at radius 2 is 1.51 bits per heavy atom. The van der Waals surface area contributed by atoms with E-state index in [1.54, 1.807) is 28.9 Å². The molecule has 5 rings (SSSR count). The number of rotatable bonds is 9. The van der Waals surface area contributed by atoms with Gasteiger partial charge in [0.05, 0.1) is 22.8 Å². The van der Waals surface area contributed by atoms with Crippen LogP contribution in [0.15, 0.2) is 114 Å². The van der Waals surface area contributed by atoms with E-state index in [0.29, 0.717) is 16.9 Å². The second-order valence-electron chi connectivity index (χ2n) is 9.75. The molecule has 1 aromatic heterocycles. The largest absolute Gasteiger partial charge is 0.309 e. The van der Waals surface area contributed by atoms with Gasteiger partial charge in [0, 0.05) is 23.6 Å². The maximum Gasteiger partial charge on any atom is 0.244 e. The van der Waals surface area contributed by atoms with Gasteiger partial charge in [-0.2, -0.15) is 9.40 Å². The van der Waals surface area contributed by atoms with Crippen LogP contribution in [-0.4, -0.2) is 41.5 Å². The van der Waals surface area contributed by atoms with Gasteiger partial charge in [-0.05, 0) is 29.5 Å². The van der Waals surface area contributed by atoms with Crippen molar-refractivity contribution < 1.29 is 13.2 Å². The predicted octanol–water partition coefficient (Wildman–Crippen LogP) is 5.98. The van der Waals surface area contributed by atoms with Gasteiger partial charge in [0.1, 0.15) is 5.82 Å². The van der Waals surface area contributed by atoms with Gasteiger partial charge in [-0.15, -0.1) is 0 Å². The molecular formula is C31H30N4O3S. The minimum absolute atomic E-state index is 0.0158. The molecule has 0 aliphatic carbocycles. The maximum absolute atomic E-state index is 13.9. The smallest absolute Gasteiger partial charge is 0.244 e. The summed E-state index contributed by atoms with van der Waals surface area (Å²) in [5.74, 6) is 0.0235. The molecule has 0 bridgehead atoms. The number of benzene rings is 4. The van der Waals surface area contributed by atoms with Crippen molar-refractivity contribution in [2.24, 2.45) is 5.92 Å². The maximum atomic E-state index is 13.9. The summed E-state index contributed by atoms with van der Waals surface area (Å²) in [4.78, 5) is 13.6. The third kappa shape index (κ3) is 5.77. The third-order valence-corrected chi connectivity index (χ3v) is 8.17. The number of carbonyl (C=O) groups excluding carboxylic acids is 1. The first-order chi connectivity index (χ1) is 18.8. The highest BCUT2D eigenvalue weighted by molar-refractivity contribution is 7.89. The summed E-state index contributed by atoms with van der Waals surface area (Å²) in [6.45, 7) is 3.73. The zero-order chi connectivity index (χ0) is 27.4. The molecule has 0 fully saturated rings. The molecule has 0 unspecified atom stereocenters. The molecule has 8 heteroatoms. The lowest BCUT2D eigenvalue weighted by atomic mass is 10.1. The van der Waals surface area contributed by atoms with E-state index in [1.165, 1.54) is 4.31 Å². The Hall–Kier alpha value is -4.27. The highest BCUT2D eigenvalue weighted by atomic mass is 32.2. The second-order valence-corrected chi connectivity index (χ2v) is 11.7. The molecule has 5 aromatic rings. The summed E-state index contributed by atoms with van der Waals surface area (Å²) in [6, 6.07) is 33.5. The van der Waals surface area contributed by atoms with Crippen LogP contribution in [0.25, 0.3) is 27.7 Å². The topological polar surface area (TPSA) is 84.3 Å². The van der Waals surface area contributed by atoms with Crippen LogP contribution in [0.4, 0.5) is 5.82 Å². The molecule has 0 spiro atoms. The van der Waals surface area contributed by atoms with Crippen molar-refractivity contribution in [1.82, 2.24) is 14.1 Å². The molecule has 0 atom stereocenters. The monoisotopic (exact) mass is 538 g/mol. The van der Waals surface area contributed by atoms with Gasteiger partial charge in [0.2, 0.25) is 15.9 Å². The average Bonchev–Trinajstić information content (AvgIpc) is 3.36. The number of fused-ring (bicyclic) bond motifs is 1. The number of anilines is 1. The number of para-hydroxylation sites is 1. The lowest BCUT2D eigenvalue weighted by Gasteiger charge is -2.24. The first kappa shape index (κ1) is 26.3. The molecule has 39 heavy (non-hydrogen) atoms. The average molecular weight is 539 g/mol. The van der Waals surface area contributed by atoms with Crippen molar-refractivity contribution in [2.75, 3.05) is 18.4 Å². The van der Waals surface area contributed by atoms with E-state index in [0.717, 1.165) is 16.6 Å².